The summed E-state index contributed by atoms with van der Waals surface area (Å²) in [7, 11) is 0. The van der Waals surface area contributed by atoms with Crippen LogP contribution in [0.2, 0.25) is 0 Å². The third-order valence-corrected chi connectivity index (χ3v) is 3.59. The molecular weight excluding hydrogens is 198 g/mol. The number of aromatic hydroxyl groups is 1. The van der Waals surface area contributed by atoms with E-state index < -0.39 is 0 Å². The summed E-state index contributed by atoms with van der Waals surface area (Å²) in [5, 5.41) is 13.2. The summed E-state index contributed by atoms with van der Waals surface area (Å²) < 4.78 is 0. The number of hydrogen-bond acceptors (Lipinski definition) is 2. The number of rotatable bonds is 3. The summed E-state index contributed by atoms with van der Waals surface area (Å²) in [6, 6.07) is 8.20. The van der Waals surface area contributed by atoms with Gasteiger partial charge in [-0.05, 0) is 37.7 Å². The lowest BCUT2D eigenvalue weighted by Gasteiger charge is -2.27. The van der Waals surface area contributed by atoms with Gasteiger partial charge < -0.3 is 10.4 Å². The van der Waals surface area contributed by atoms with Crippen molar-refractivity contribution in [3.8, 4) is 5.75 Å². The van der Waals surface area contributed by atoms with Crippen molar-refractivity contribution < 1.29 is 5.11 Å². The minimum Gasteiger partial charge on any atom is -0.508 e. The minimum absolute atomic E-state index is 0.402. The molecule has 0 unspecified atom stereocenters. The molecule has 0 atom stereocenters. The molecule has 2 heteroatoms. The van der Waals surface area contributed by atoms with Gasteiger partial charge in [-0.15, -0.1) is 0 Å². The highest BCUT2D eigenvalue weighted by Crippen LogP contribution is 2.24. The Morgan fingerprint density at radius 1 is 1.19 bits per heavy atom. The van der Waals surface area contributed by atoms with Crippen molar-refractivity contribution in [1.82, 2.24) is 5.32 Å². The van der Waals surface area contributed by atoms with E-state index >= 15 is 0 Å². The first-order valence-corrected chi connectivity index (χ1v) is 6.26. The zero-order chi connectivity index (χ0) is 11.4. The highest BCUT2D eigenvalue weighted by molar-refractivity contribution is 5.31. The Morgan fingerprint density at radius 3 is 2.56 bits per heavy atom. The second-order valence-electron chi connectivity index (χ2n) is 4.97. The predicted molar refractivity (Wildman–Crippen MR) is 66.4 cm³/mol. The van der Waals surface area contributed by atoms with Crippen LogP contribution in [0.3, 0.4) is 0 Å². The Kier molecular flexibility index (Phi) is 3.83. The fraction of sp³-hybridized carbons (Fsp3) is 0.571. The molecule has 0 saturated heterocycles. The average Bonchev–Trinajstić information content (AvgIpc) is 2.30. The summed E-state index contributed by atoms with van der Waals surface area (Å²) >= 11 is 0. The van der Waals surface area contributed by atoms with E-state index in [0.29, 0.717) is 11.8 Å². The van der Waals surface area contributed by atoms with Crippen molar-refractivity contribution in [1.29, 1.82) is 0 Å². The number of para-hydroxylation sites is 1. The molecule has 0 amide bonds. The smallest absolute Gasteiger partial charge is 0.120 e. The van der Waals surface area contributed by atoms with Gasteiger partial charge in [-0.3, -0.25) is 0 Å². The second kappa shape index (κ2) is 5.35. The molecule has 1 aliphatic rings. The quantitative estimate of drug-likeness (QED) is 0.819. The van der Waals surface area contributed by atoms with Crippen LogP contribution in [0.5, 0.6) is 5.75 Å². The third kappa shape index (κ3) is 2.99. The monoisotopic (exact) mass is 219 g/mol. The van der Waals surface area contributed by atoms with Crippen LogP contribution in [0.15, 0.2) is 24.3 Å². The molecule has 88 valence electrons. The van der Waals surface area contributed by atoms with Crippen LogP contribution in [-0.4, -0.2) is 11.1 Å². The highest BCUT2D eigenvalue weighted by Gasteiger charge is 2.17. The lowest BCUT2D eigenvalue weighted by molar-refractivity contribution is 0.305. The number of phenolic OH excluding ortho intramolecular Hbond substituents is 1. The number of phenols is 1. The molecule has 0 heterocycles. The van der Waals surface area contributed by atoms with Crippen LogP contribution in [-0.2, 0) is 6.54 Å². The Bertz CT molecular complexity index is 329. The van der Waals surface area contributed by atoms with E-state index in [-0.39, 0.29) is 0 Å². The average molecular weight is 219 g/mol. The lowest BCUT2D eigenvalue weighted by atomic mass is 9.87. The first-order chi connectivity index (χ1) is 7.75. The molecule has 16 heavy (non-hydrogen) atoms. The Morgan fingerprint density at radius 2 is 1.88 bits per heavy atom. The zero-order valence-corrected chi connectivity index (χ0v) is 9.95. The molecule has 2 nitrogen and oxygen atoms in total. The van der Waals surface area contributed by atoms with Gasteiger partial charge in [0.05, 0.1) is 0 Å². The van der Waals surface area contributed by atoms with E-state index in [1.807, 2.05) is 18.2 Å². The number of hydrogen-bond donors (Lipinski definition) is 2. The van der Waals surface area contributed by atoms with Crippen LogP contribution in [0.25, 0.3) is 0 Å². The van der Waals surface area contributed by atoms with Crippen molar-refractivity contribution in [2.45, 2.75) is 45.2 Å². The first kappa shape index (κ1) is 11.5. The maximum atomic E-state index is 9.64. The van der Waals surface area contributed by atoms with Crippen molar-refractivity contribution in [2.75, 3.05) is 0 Å². The first-order valence-electron chi connectivity index (χ1n) is 6.26. The largest absolute Gasteiger partial charge is 0.508 e. The molecule has 2 N–H and O–H groups in total. The predicted octanol–water partition coefficient (Wildman–Crippen LogP) is 3.06. The Hall–Kier alpha value is -1.02. The van der Waals surface area contributed by atoms with Gasteiger partial charge in [-0.1, -0.05) is 25.1 Å². The van der Waals surface area contributed by atoms with Crippen LogP contribution >= 0.6 is 0 Å². The number of benzene rings is 1. The second-order valence-corrected chi connectivity index (χ2v) is 4.97. The molecule has 0 aromatic heterocycles. The zero-order valence-electron chi connectivity index (χ0n) is 9.95. The molecule has 1 fully saturated rings. The molecule has 2 rings (SSSR count). The normalized spacial score (nSPS) is 25.6. The summed E-state index contributed by atoms with van der Waals surface area (Å²) in [6.07, 6.45) is 5.21. The molecule has 1 aliphatic carbocycles. The van der Waals surface area contributed by atoms with E-state index in [0.717, 1.165) is 18.0 Å². The SMILES string of the molecule is CC1CCC(NCc2ccccc2O)CC1. The van der Waals surface area contributed by atoms with E-state index in [1.165, 1.54) is 25.7 Å². The molecule has 0 radical (unpaired) electrons. The van der Waals surface area contributed by atoms with Crippen LogP contribution in [0, 0.1) is 5.92 Å². The summed E-state index contributed by atoms with van der Waals surface area (Å²) in [4.78, 5) is 0. The van der Waals surface area contributed by atoms with Crippen molar-refractivity contribution >= 4 is 0 Å². The molecule has 0 aliphatic heterocycles. The van der Waals surface area contributed by atoms with Crippen LogP contribution in [0.1, 0.15) is 38.2 Å². The van der Waals surface area contributed by atoms with Crippen molar-refractivity contribution in [3.63, 3.8) is 0 Å². The van der Waals surface area contributed by atoms with Crippen molar-refractivity contribution in [3.05, 3.63) is 29.8 Å². The maximum absolute atomic E-state index is 9.64. The lowest BCUT2D eigenvalue weighted by Crippen LogP contribution is -2.32. The van der Waals surface area contributed by atoms with Gasteiger partial charge in [0.25, 0.3) is 0 Å². The fourth-order valence-electron chi connectivity index (χ4n) is 2.38. The van der Waals surface area contributed by atoms with Gasteiger partial charge >= 0.3 is 0 Å². The molecule has 0 bridgehead atoms. The molecular formula is C14H21NO. The molecule has 0 spiro atoms. The summed E-state index contributed by atoms with van der Waals surface area (Å²) in [5.41, 5.74) is 1.00. The minimum atomic E-state index is 0.402. The van der Waals surface area contributed by atoms with E-state index in [4.69, 9.17) is 0 Å². The standard InChI is InChI=1S/C14H21NO/c1-11-6-8-13(9-7-11)15-10-12-4-2-3-5-14(12)16/h2-5,11,13,15-16H,6-10H2,1H3. The molecule has 1 aromatic carbocycles. The summed E-state index contributed by atoms with van der Waals surface area (Å²) in [5.74, 6) is 1.29. The van der Waals surface area contributed by atoms with Gasteiger partial charge in [0, 0.05) is 18.2 Å². The Balaban J connectivity index is 1.81. The maximum Gasteiger partial charge on any atom is 0.120 e. The van der Waals surface area contributed by atoms with Gasteiger partial charge in [0.15, 0.2) is 0 Å². The van der Waals surface area contributed by atoms with Gasteiger partial charge in [0.1, 0.15) is 5.75 Å². The van der Waals surface area contributed by atoms with Gasteiger partial charge in [-0.2, -0.15) is 0 Å². The van der Waals surface area contributed by atoms with E-state index in [1.54, 1.807) is 6.07 Å². The van der Waals surface area contributed by atoms with Crippen molar-refractivity contribution in [2.24, 2.45) is 5.92 Å². The van der Waals surface area contributed by atoms with Crippen LogP contribution < -0.4 is 5.32 Å². The topological polar surface area (TPSA) is 32.3 Å². The van der Waals surface area contributed by atoms with E-state index in [9.17, 15) is 5.11 Å². The highest BCUT2D eigenvalue weighted by atomic mass is 16.3. The molecule has 1 saturated carbocycles. The molecule has 1 aromatic rings. The van der Waals surface area contributed by atoms with Gasteiger partial charge in [0.2, 0.25) is 0 Å². The number of nitrogens with one attached hydrogen (secondary N) is 1. The Labute approximate surface area is 97.7 Å². The summed E-state index contributed by atoms with van der Waals surface area (Å²) in [6.45, 7) is 3.12. The van der Waals surface area contributed by atoms with Gasteiger partial charge in [-0.25, -0.2) is 0 Å². The van der Waals surface area contributed by atoms with E-state index in [2.05, 4.69) is 12.2 Å². The fourth-order valence-corrected chi connectivity index (χ4v) is 2.38. The third-order valence-electron chi connectivity index (χ3n) is 3.59. The van der Waals surface area contributed by atoms with Crippen LogP contribution in [0.4, 0.5) is 0 Å².